The van der Waals surface area contributed by atoms with Crippen molar-refractivity contribution in [3.63, 3.8) is 0 Å². The van der Waals surface area contributed by atoms with Crippen molar-refractivity contribution in [3.05, 3.63) is 93.2 Å². The lowest BCUT2D eigenvalue weighted by Crippen LogP contribution is -2.24. The van der Waals surface area contributed by atoms with Crippen LogP contribution in [0.1, 0.15) is 46.9 Å². The van der Waals surface area contributed by atoms with Gasteiger partial charge in [0.25, 0.3) is 5.56 Å². The molecule has 1 aliphatic heterocycles. The molecule has 7 heteroatoms. The molecule has 0 saturated heterocycles. The van der Waals surface area contributed by atoms with Crippen LogP contribution >= 0.6 is 0 Å². The van der Waals surface area contributed by atoms with Gasteiger partial charge in [0.05, 0.1) is 11.4 Å². The minimum Gasteiger partial charge on any atom is -0.483 e. The van der Waals surface area contributed by atoms with Crippen LogP contribution in [-0.2, 0) is 13.5 Å². The van der Waals surface area contributed by atoms with Gasteiger partial charge in [0.2, 0.25) is 5.78 Å². The number of rotatable bonds is 6. The van der Waals surface area contributed by atoms with Gasteiger partial charge in [0.1, 0.15) is 11.3 Å². The van der Waals surface area contributed by atoms with E-state index in [4.69, 9.17) is 9.47 Å². The Morgan fingerprint density at radius 2 is 1.75 bits per heavy atom. The van der Waals surface area contributed by atoms with Crippen LogP contribution in [0.3, 0.4) is 0 Å². The topological polar surface area (TPSA) is 67.4 Å². The highest BCUT2D eigenvalue weighted by molar-refractivity contribution is 5.98. The number of para-hydroxylation sites is 2. The SMILES string of the molecule is Cc1cc(C(=O)COc2cccc3c2OC(C)(C)C3)c(C)n1-c1c(C)n(C)n(-c2ccccc2)c1=O. The monoisotopic (exact) mass is 485 g/mol. The first-order valence-electron chi connectivity index (χ1n) is 12.1. The van der Waals surface area contributed by atoms with Gasteiger partial charge in [0.15, 0.2) is 18.1 Å². The summed E-state index contributed by atoms with van der Waals surface area (Å²) in [6.07, 6.45) is 0.797. The lowest BCUT2D eigenvalue weighted by molar-refractivity contribution is 0.0911. The van der Waals surface area contributed by atoms with Gasteiger partial charge in [-0.25, -0.2) is 4.68 Å². The zero-order chi connectivity index (χ0) is 25.8. The lowest BCUT2D eigenvalue weighted by atomic mass is 10.0. The largest absolute Gasteiger partial charge is 0.483 e. The highest BCUT2D eigenvalue weighted by atomic mass is 16.5. The molecule has 0 saturated carbocycles. The molecule has 1 aliphatic rings. The van der Waals surface area contributed by atoms with E-state index < -0.39 is 0 Å². The van der Waals surface area contributed by atoms with Gasteiger partial charge in [-0.15, -0.1) is 0 Å². The zero-order valence-corrected chi connectivity index (χ0v) is 21.6. The van der Waals surface area contributed by atoms with Crippen LogP contribution < -0.4 is 15.0 Å². The summed E-state index contributed by atoms with van der Waals surface area (Å²) in [6.45, 7) is 9.64. The Morgan fingerprint density at radius 3 is 2.47 bits per heavy atom. The number of Topliss-reactive ketones (excluding diaryl/α,β-unsaturated/α-hetero) is 1. The maximum absolute atomic E-state index is 13.6. The molecule has 2 aromatic carbocycles. The Morgan fingerprint density at radius 1 is 1.03 bits per heavy atom. The van der Waals surface area contributed by atoms with Gasteiger partial charge >= 0.3 is 0 Å². The Balaban J connectivity index is 1.46. The quantitative estimate of drug-likeness (QED) is 0.366. The Hall–Kier alpha value is -4.00. The second-order valence-electron chi connectivity index (χ2n) is 10.0. The summed E-state index contributed by atoms with van der Waals surface area (Å²) in [4.78, 5) is 26.8. The van der Waals surface area contributed by atoms with E-state index in [-0.39, 0.29) is 23.6 Å². The average molecular weight is 486 g/mol. The van der Waals surface area contributed by atoms with Crippen molar-refractivity contribution in [3.8, 4) is 22.9 Å². The van der Waals surface area contributed by atoms with Crippen LogP contribution in [0.4, 0.5) is 0 Å². The van der Waals surface area contributed by atoms with E-state index in [2.05, 4.69) is 0 Å². The molecule has 0 bridgehead atoms. The number of carbonyl (C=O) groups excluding carboxylic acids is 1. The number of fused-ring (bicyclic) bond motifs is 1. The number of ketones is 1. The molecular weight excluding hydrogens is 454 g/mol. The van der Waals surface area contributed by atoms with Crippen LogP contribution in [-0.4, -0.2) is 31.9 Å². The molecule has 2 aromatic heterocycles. The number of aryl methyl sites for hydroxylation is 1. The molecule has 5 rings (SSSR count). The number of carbonyl (C=O) groups is 1. The van der Waals surface area contributed by atoms with E-state index in [0.717, 1.165) is 29.1 Å². The van der Waals surface area contributed by atoms with Crippen LogP contribution in [0.15, 0.2) is 59.4 Å². The Labute approximate surface area is 210 Å². The molecule has 0 unspecified atom stereocenters. The van der Waals surface area contributed by atoms with E-state index in [1.54, 1.807) is 4.68 Å². The van der Waals surface area contributed by atoms with Gasteiger partial charge < -0.3 is 14.0 Å². The Bertz CT molecular complexity index is 1540. The molecule has 0 fully saturated rings. The fourth-order valence-corrected chi connectivity index (χ4v) is 5.12. The number of nitrogens with zero attached hydrogens (tertiary/aromatic N) is 3. The summed E-state index contributed by atoms with van der Waals surface area (Å²) in [5.41, 5.74) is 4.83. The number of benzene rings is 2. The van der Waals surface area contributed by atoms with Crippen molar-refractivity contribution < 1.29 is 14.3 Å². The summed E-state index contributed by atoms with van der Waals surface area (Å²) in [5, 5.41) is 0. The van der Waals surface area contributed by atoms with Crippen molar-refractivity contribution in [2.75, 3.05) is 6.61 Å². The van der Waals surface area contributed by atoms with Gasteiger partial charge in [0, 0.05) is 36.0 Å². The third-order valence-electron chi connectivity index (χ3n) is 6.89. The molecule has 0 spiro atoms. The maximum atomic E-state index is 13.6. The third kappa shape index (κ3) is 3.85. The predicted molar refractivity (Wildman–Crippen MR) is 139 cm³/mol. The Kier molecular flexibility index (Phi) is 5.66. The summed E-state index contributed by atoms with van der Waals surface area (Å²) in [6, 6.07) is 17.1. The van der Waals surface area contributed by atoms with E-state index >= 15 is 0 Å². The van der Waals surface area contributed by atoms with Crippen molar-refractivity contribution in [2.45, 2.75) is 46.6 Å². The summed E-state index contributed by atoms with van der Waals surface area (Å²) >= 11 is 0. The third-order valence-corrected chi connectivity index (χ3v) is 6.89. The highest BCUT2D eigenvalue weighted by Gasteiger charge is 2.32. The van der Waals surface area contributed by atoms with Gasteiger partial charge in [-0.1, -0.05) is 30.3 Å². The minimum absolute atomic E-state index is 0.118. The molecule has 0 radical (unpaired) electrons. The van der Waals surface area contributed by atoms with Crippen molar-refractivity contribution in [1.29, 1.82) is 0 Å². The predicted octanol–water partition coefficient (Wildman–Crippen LogP) is 4.87. The van der Waals surface area contributed by atoms with E-state index in [1.807, 2.05) is 106 Å². The van der Waals surface area contributed by atoms with Gasteiger partial charge in [-0.2, -0.15) is 0 Å². The molecule has 7 nitrogen and oxygen atoms in total. The summed E-state index contributed by atoms with van der Waals surface area (Å²) in [5.74, 6) is 1.13. The summed E-state index contributed by atoms with van der Waals surface area (Å²) in [7, 11) is 1.86. The molecule has 0 amide bonds. The molecule has 36 heavy (non-hydrogen) atoms. The standard InChI is InChI=1S/C29H31N3O4/c1-18-15-23(24(33)17-35-25-14-10-11-21-16-29(4,5)36-27(21)25)19(2)31(18)26-20(3)30(6)32(28(26)34)22-12-8-7-9-13-22/h7-15H,16-17H2,1-6H3. The zero-order valence-electron chi connectivity index (χ0n) is 21.6. The molecule has 4 aromatic rings. The molecule has 186 valence electrons. The molecule has 3 heterocycles. The first-order chi connectivity index (χ1) is 17.1. The second-order valence-corrected chi connectivity index (χ2v) is 10.0. The number of ether oxygens (including phenoxy) is 2. The fourth-order valence-electron chi connectivity index (χ4n) is 5.12. The minimum atomic E-state index is -0.295. The van der Waals surface area contributed by atoms with Crippen LogP contribution in [0, 0.1) is 20.8 Å². The normalized spacial score (nSPS) is 13.9. The molecule has 0 N–H and O–H groups in total. The summed E-state index contributed by atoms with van der Waals surface area (Å²) < 4.78 is 17.4. The first-order valence-corrected chi connectivity index (χ1v) is 12.1. The number of aromatic nitrogens is 3. The highest BCUT2D eigenvalue weighted by Crippen LogP contribution is 2.41. The van der Waals surface area contributed by atoms with Gasteiger partial charge in [-0.3, -0.25) is 14.3 Å². The van der Waals surface area contributed by atoms with Crippen LogP contribution in [0.2, 0.25) is 0 Å². The first kappa shape index (κ1) is 23.7. The molecule has 0 atom stereocenters. The number of hydrogen-bond donors (Lipinski definition) is 0. The smallest absolute Gasteiger partial charge is 0.295 e. The van der Waals surface area contributed by atoms with E-state index in [9.17, 15) is 9.59 Å². The maximum Gasteiger partial charge on any atom is 0.295 e. The average Bonchev–Trinajstić information content (AvgIpc) is 3.40. The fraction of sp³-hybridized carbons (Fsp3) is 0.310. The van der Waals surface area contributed by atoms with E-state index in [1.165, 1.54) is 0 Å². The van der Waals surface area contributed by atoms with Crippen molar-refractivity contribution in [2.24, 2.45) is 7.05 Å². The van der Waals surface area contributed by atoms with Gasteiger partial charge in [-0.05, 0) is 58.9 Å². The molecular formula is C29H31N3O4. The second kappa shape index (κ2) is 8.59. The van der Waals surface area contributed by atoms with E-state index in [0.29, 0.717) is 28.4 Å². The van der Waals surface area contributed by atoms with Crippen molar-refractivity contribution >= 4 is 5.78 Å². The molecule has 0 aliphatic carbocycles. The lowest BCUT2D eigenvalue weighted by Gasteiger charge is -2.18. The van der Waals surface area contributed by atoms with Crippen LogP contribution in [0.5, 0.6) is 11.5 Å². The van der Waals surface area contributed by atoms with Crippen molar-refractivity contribution in [1.82, 2.24) is 13.9 Å². The van der Waals surface area contributed by atoms with Crippen LogP contribution in [0.25, 0.3) is 11.4 Å². The number of hydrogen-bond acceptors (Lipinski definition) is 4.